The molecule has 1 aromatic heterocycles. The monoisotopic (exact) mass is 303 g/mol. The molecule has 1 aromatic carbocycles. The number of amides is 1. The van der Waals surface area contributed by atoms with E-state index in [1.807, 2.05) is 32.9 Å². The van der Waals surface area contributed by atoms with Crippen LogP contribution < -0.4 is 5.32 Å². The zero-order valence-electron chi connectivity index (χ0n) is 12.4. The molecule has 0 aliphatic rings. The van der Waals surface area contributed by atoms with Crippen LogP contribution in [0.3, 0.4) is 0 Å². The summed E-state index contributed by atoms with van der Waals surface area (Å²) in [6.45, 7) is 5.74. The Balaban J connectivity index is 2.33. The van der Waals surface area contributed by atoms with Crippen molar-refractivity contribution in [2.75, 3.05) is 12.4 Å². The highest BCUT2D eigenvalue weighted by molar-refractivity contribution is 7.12. The second-order valence-corrected chi connectivity index (χ2v) is 6.28. The summed E-state index contributed by atoms with van der Waals surface area (Å²) in [4.78, 5) is 26.2. The molecule has 1 heterocycles. The summed E-state index contributed by atoms with van der Waals surface area (Å²) < 4.78 is 4.76. The Morgan fingerprint density at radius 3 is 2.38 bits per heavy atom. The molecule has 0 aliphatic heterocycles. The van der Waals surface area contributed by atoms with E-state index in [-0.39, 0.29) is 5.91 Å². The number of thiophene rings is 1. The smallest absolute Gasteiger partial charge is 0.339 e. The molecule has 0 atom stereocenters. The van der Waals surface area contributed by atoms with Crippen molar-refractivity contribution in [2.24, 2.45) is 0 Å². The molecule has 2 aromatic rings. The van der Waals surface area contributed by atoms with Gasteiger partial charge in [0.25, 0.3) is 5.91 Å². The highest BCUT2D eigenvalue weighted by Gasteiger charge is 2.17. The summed E-state index contributed by atoms with van der Waals surface area (Å²) in [7, 11) is 1.32. The molecule has 0 bridgehead atoms. The van der Waals surface area contributed by atoms with E-state index in [2.05, 4.69) is 5.32 Å². The lowest BCUT2D eigenvalue weighted by Gasteiger charge is -2.10. The zero-order chi connectivity index (χ0) is 15.6. The number of carbonyl (C=O) groups is 2. The van der Waals surface area contributed by atoms with Gasteiger partial charge in [-0.1, -0.05) is 11.6 Å². The number of nitrogens with one attached hydrogen (secondary N) is 1. The minimum absolute atomic E-state index is 0.217. The van der Waals surface area contributed by atoms with Gasteiger partial charge < -0.3 is 10.1 Å². The molecule has 4 nitrogen and oxygen atoms in total. The van der Waals surface area contributed by atoms with Crippen molar-refractivity contribution in [2.45, 2.75) is 20.8 Å². The van der Waals surface area contributed by atoms with Gasteiger partial charge in [-0.3, -0.25) is 4.79 Å². The maximum atomic E-state index is 12.3. The van der Waals surface area contributed by atoms with Crippen LogP contribution >= 0.6 is 11.3 Å². The lowest BCUT2D eigenvalue weighted by atomic mass is 10.1. The highest BCUT2D eigenvalue weighted by atomic mass is 32.1. The highest BCUT2D eigenvalue weighted by Crippen LogP contribution is 2.23. The number of hydrogen-bond donors (Lipinski definition) is 1. The van der Waals surface area contributed by atoms with E-state index in [9.17, 15) is 9.59 Å². The number of anilines is 1. The Kier molecular flexibility index (Phi) is 4.43. The number of carbonyl (C=O) groups excluding carboxylic acids is 2. The van der Waals surface area contributed by atoms with E-state index >= 15 is 0 Å². The predicted octanol–water partition coefficient (Wildman–Crippen LogP) is 3.71. The van der Waals surface area contributed by atoms with Crippen LogP contribution in [-0.2, 0) is 4.74 Å². The van der Waals surface area contributed by atoms with Gasteiger partial charge in [0.15, 0.2) is 0 Å². The van der Waals surface area contributed by atoms with Crippen LogP contribution in [0.1, 0.15) is 36.0 Å². The van der Waals surface area contributed by atoms with Gasteiger partial charge in [0.1, 0.15) is 0 Å². The minimum atomic E-state index is -0.466. The Hall–Kier alpha value is -2.14. The summed E-state index contributed by atoms with van der Waals surface area (Å²) in [5.41, 5.74) is 2.38. The second kappa shape index (κ2) is 6.10. The summed E-state index contributed by atoms with van der Waals surface area (Å²) in [5.74, 6) is -0.682. The molecule has 1 N–H and O–H groups in total. The van der Waals surface area contributed by atoms with E-state index in [1.54, 1.807) is 23.5 Å². The third-order valence-corrected chi connectivity index (χ3v) is 4.08. The number of aryl methyl sites for hydroxylation is 3. The van der Waals surface area contributed by atoms with E-state index in [1.165, 1.54) is 7.11 Å². The van der Waals surface area contributed by atoms with Crippen molar-refractivity contribution >= 4 is 28.9 Å². The van der Waals surface area contributed by atoms with E-state index in [4.69, 9.17) is 4.74 Å². The lowest BCUT2D eigenvalue weighted by molar-refractivity contribution is 0.0602. The van der Waals surface area contributed by atoms with Gasteiger partial charge in [-0.05, 0) is 39.0 Å². The number of benzene rings is 1. The van der Waals surface area contributed by atoms with Crippen molar-refractivity contribution in [3.8, 4) is 0 Å². The number of hydrogen-bond acceptors (Lipinski definition) is 4. The quantitative estimate of drug-likeness (QED) is 0.879. The van der Waals surface area contributed by atoms with Crippen LogP contribution in [0.5, 0.6) is 0 Å². The summed E-state index contributed by atoms with van der Waals surface area (Å²) in [5, 5.41) is 2.79. The Bertz CT molecular complexity index is 704. The van der Waals surface area contributed by atoms with E-state index in [0.717, 1.165) is 15.3 Å². The average Bonchev–Trinajstić information content (AvgIpc) is 2.78. The molecule has 110 valence electrons. The number of ether oxygens (including phenoxy) is 1. The topological polar surface area (TPSA) is 55.4 Å². The summed E-state index contributed by atoms with van der Waals surface area (Å²) >= 11 is 1.57. The molecule has 0 saturated heterocycles. The molecule has 0 fully saturated rings. The molecular formula is C16H17NO3S. The first-order valence-corrected chi connectivity index (χ1v) is 7.31. The largest absolute Gasteiger partial charge is 0.465 e. The maximum absolute atomic E-state index is 12.3. The second-order valence-electron chi connectivity index (χ2n) is 4.82. The van der Waals surface area contributed by atoms with Crippen molar-refractivity contribution in [3.05, 3.63) is 50.7 Å². The fourth-order valence-electron chi connectivity index (χ4n) is 2.09. The molecule has 2 rings (SSSR count). The fraction of sp³-hybridized carbons (Fsp3) is 0.250. The maximum Gasteiger partial charge on any atom is 0.339 e. The minimum Gasteiger partial charge on any atom is -0.465 e. The van der Waals surface area contributed by atoms with Crippen LogP contribution in [0, 0.1) is 20.8 Å². The van der Waals surface area contributed by atoms with Gasteiger partial charge in [0, 0.05) is 9.75 Å². The van der Waals surface area contributed by atoms with Crippen LogP contribution in [0.2, 0.25) is 0 Å². The van der Waals surface area contributed by atoms with Crippen molar-refractivity contribution in [3.63, 3.8) is 0 Å². The molecule has 21 heavy (non-hydrogen) atoms. The molecule has 0 unspecified atom stereocenters. The summed E-state index contributed by atoms with van der Waals surface area (Å²) in [6.07, 6.45) is 0. The fourth-order valence-corrected chi connectivity index (χ4v) is 3.01. The normalized spacial score (nSPS) is 10.3. The molecule has 0 aliphatic carbocycles. The first kappa shape index (κ1) is 15.3. The summed E-state index contributed by atoms with van der Waals surface area (Å²) in [6, 6.07) is 7.11. The van der Waals surface area contributed by atoms with Crippen LogP contribution in [0.25, 0.3) is 0 Å². The number of methoxy groups -OCH3 is 1. The molecule has 0 spiro atoms. The Morgan fingerprint density at radius 2 is 1.81 bits per heavy atom. The number of rotatable bonds is 3. The van der Waals surface area contributed by atoms with Gasteiger partial charge in [0.05, 0.1) is 23.9 Å². The van der Waals surface area contributed by atoms with Gasteiger partial charge in [-0.15, -0.1) is 11.3 Å². The van der Waals surface area contributed by atoms with Crippen molar-refractivity contribution < 1.29 is 14.3 Å². The number of esters is 1. The zero-order valence-corrected chi connectivity index (χ0v) is 13.3. The average molecular weight is 303 g/mol. The van der Waals surface area contributed by atoms with Crippen LogP contribution in [0.4, 0.5) is 5.69 Å². The SMILES string of the molecule is COC(=O)c1cc(C)ccc1NC(=O)c1cc(C)sc1C. The third kappa shape index (κ3) is 3.31. The molecule has 0 radical (unpaired) electrons. The van der Waals surface area contributed by atoms with Gasteiger partial charge in [0.2, 0.25) is 0 Å². The standard InChI is InChI=1S/C16H17NO3S/c1-9-5-6-14(13(7-9)16(19)20-4)17-15(18)12-8-10(2)21-11(12)3/h5-8H,1-4H3,(H,17,18). The van der Waals surface area contributed by atoms with Crippen molar-refractivity contribution in [1.82, 2.24) is 0 Å². The molecule has 1 amide bonds. The first-order chi connectivity index (χ1) is 9.92. The van der Waals surface area contributed by atoms with E-state index in [0.29, 0.717) is 16.8 Å². The van der Waals surface area contributed by atoms with Crippen LogP contribution in [-0.4, -0.2) is 19.0 Å². The molecule has 0 saturated carbocycles. The Morgan fingerprint density at radius 1 is 1.10 bits per heavy atom. The molecule has 5 heteroatoms. The van der Waals surface area contributed by atoms with Gasteiger partial charge >= 0.3 is 5.97 Å². The van der Waals surface area contributed by atoms with Gasteiger partial charge in [-0.25, -0.2) is 4.79 Å². The third-order valence-electron chi connectivity index (χ3n) is 3.11. The van der Waals surface area contributed by atoms with E-state index < -0.39 is 5.97 Å². The lowest BCUT2D eigenvalue weighted by Crippen LogP contribution is -2.15. The van der Waals surface area contributed by atoms with Gasteiger partial charge in [-0.2, -0.15) is 0 Å². The molecular weight excluding hydrogens is 286 g/mol. The first-order valence-electron chi connectivity index (χ1n) is 6.49. The Labute approximate surface area is 127 Å². The predicted molar refractivity (Wildman–Crippen MR) is 84.3 cm³/mol. The van der Waals surface area contributed by atoms with Crippen LogP contribution in [0.15, 0.2) is 24.3 Å². The van der Waals surface area contributed by atoms with Crippen molar-refractivity contribution in [1.29, 1.82) is 0 Å².